The Morgan fingerprint density at radius 2 is 1.67 bits per heavy atom. The van der Waals surface area contributed by atoms with Crippen molar-refractivity contribution in [1.82, 2.24) is 4.90 Å². The predicted molar refractivity (Wildman–Crippen MR) is 104 cm³/mol. The zero-order valence-corrected chi connectivity index (χ0v) is 15.4. The lowest BCUT2D eigenvalue weighted by Crippen LogP contribution is -2.51. The van der Waals surface area contributed by atoms with E-state index in [1.807, 2.05) is 0 Å². The van der Waals surface area contributed by atoms with Crippen LogP contribution in [0.2, 0.25) is 0 Å². The molecule has 0 bridgehead atoms. The quantitative estimate of drug-likeness (QED) is 0.698. The van der Waals surface area contributed by atoms with Crippen molar-refractivity contribution in [3.63, 3.8) is 0 Å². The van der Waals surface area contributed by atoms with Crippen LogP contribution in [0.1, 0.15) is 54.4 Å². The molecule has 2 aromatic rings. The van der Waals surface area contributed by atoms with Gasteiger partial charge in [-0.1, -0.05) is 60.5 Å². The molecule has 0 saturated carbocycles. The first-order valence-electron chi connectivity index (χ1n) is 9.21. The van der Waals surface area contributed by atoms with Crippen molar-refractivity contribution in [3.8, 4) is 0 Å². The molecule has 2 heteroatoms. The number of halogens is 1. The van der Waals surface area contributed by atoms with E-state index >= 15 is 0 Å². The van der Waals surface area contributed by atoms with E-state index in [-0.39, 0.29) is 17.9 Å². The summed E-state index contributed by atoms with van der Waals surface area (Å²) in [5.41, 5.74) is 6.11. The lowest BCUT2D eigenvalue weighted by Gasteiger charge is -2.49. The molecule has 0 spiro atoms. The van der Waals surface area contributed by atoms with Crippen LogP contribution in [0.3, 0.4) is 0 Å². The average Bonchev–Trinajstić information content (AvgIpc) is 2.62. The maximum atomic E-state index is 2.79. The molecule has 1 saturated heterocycles. The molecule has 1 heterocycles. The van der Waals surface area contributed by atoms with Gasteiger partial charge in [-0.05, 0) is 68.8 Å². The molecule has 0 N–H and O–H groups in total. The van der Waals surface area contributed by atoms with Crippen molar-refractivity contribution >= 4 is 12.4 Å². The van der Waals surface area contributed by atoms with Crippen LogP contribution in [0.5, 0.6) is 0 Å². The Bertz CT molecular complexity index is 690. The van der Waals surface area contributed by atoms with E-state index in [2.05, 4.69) is 60.4 Å². The molecule has 0 aromatic heterocycles. The van der Waals surface area contributed by atoms with Gasteiger partial charge in [-0.2, -0.15) is 0 Å². The highest BCUT2D eigenvalue weighted by atomic mass is 35.5. The number of hydrogen-bond acceptors (Lipinski definition) is 1. The van der Waals surface area contributed by atoms with Crippen molar-refractivity contribution in [2.24, 2.45) is 0 Å². The van der Waals surface area contributed by atoms with E-state index in [9.17, 15) is 0 Å². The summed E-state index contributed by atoms with van der Waals surface area (Å²) < 4.78 is 0. The molecule has 2 aliphatic rings. The first-order valence-corrected chi connectivity index (χ1v) is 9.21. The Kier molecular flexibility index (Phi) is 5.32. The summed E-state index contributed by atoms with van der Waals surface area (Å²) in [5.74, 6) is 0. The molecular weight excluding hydrogens is 314 g/mol. The van der Waals surface area contributed by atoms with E-state index in [0.717, 1.165) is 0 Å². The monoisotopic (exact) mass is 341 g/mol. The van der Waals surface area contributed by atoms with Crippen molar-refractivity contribution in [3.05, 3.63) is 70.8 Å². The molecule has 0 radical (unpaired) electrons. The van der Waals surface area contributed by atoms with Gasteiger partial charge in [0.1, 0.15) is 0 Å². The van der Waals surface area contributed by atoms with Crippen molar-refractivity contribution < 1.29 is 0 Å². The van der Waals surface area contributed by atoms with E-state index in [1.54, 1.807) is 11.1 Å². The van der Waals surface area contributed by atoms with Crippen LogP contribution in [-0.2, 0) is 12.0 Å². The van der Waals surface area contributed by atoms with Gasteiger partial charge in [-0.15, -0.1) is 12.4 Å². The molecule has 1 aliphatic heterocycles. The van der Waals surface area contributed by atoms with Gasteiger partial charge < -0.3 is 0 Å². The Hall–Kier alpha value is -1.31. The van der Waals surface area contributed by atoms with Crippen LogP contribution >= 0.6 is 12.4 Å². The number of likely N-dealkylation sites (tertiary alicyclic amines) is 1. The maximum Gasteiger partial charge on any atom is 0.0718 e. The highest BCUT2D eigenvalue weighted by Gasteiger charge is 2.43. The van der Waals surface area contributed by atoms with Crippen molar-refractivity contribution in [2.75, 3.05) is 13.1 Å². The highest BCUT2D eigenvalue weighted by Crippen LogP contribution is 2.46. The Morgan fingerprint density at radius 3 is 2.46 bits per heavy atom. The summed E-state index contributed by atoms with van der Waals surface area (Å²) in [6.07, 6.45) is 7.86. The smallest absolute Gasteiger partial charge is 0.0718 e. The SMILES string of the molecule is Cc1cccc(C2(N3CCCCC3)CCCc3ccccc32)c1.Cl. The summed E-state index contributed by atoms with van der Waals surface area (Å²) in [7, 11) is 0. The second-order valence-electron chi connectivity index (χ2n) is 7.29. The van der Waals surface area contributed by atoms with Gasteiger partial charge in [0, 0.05) is 0 Å². The van der Waals surface area contributed by atoms with Crippen LogP contribution in [0.4, 0.5) is 0 Å². The van der Waals surface area contributed by atoms with Gasteiger partial charge in [0.05, 0.1) is 5.54 Å². The van der Waals surface area contributed by atoms with E-state index < -0.39 is 0 Å². The second-order valence-corrected chi connectivity index (χ2v) is 7.29. The highest BCUT2D eigenvalue weighted by molar-refractivity contribution is 5.85. The molecule has 1 atom stereocenters. The third-order valence-electron chi connectivity index (χ3n) is 5.84. The summed E-state index contributed by atoms with van der Waals surface area (Å²) in [4.78, 5) is 2.79. The summed E-state index contributed by atoms with van der Waals surface area (Å²) in [6, 6.07) is 18.4. The van der Waals surface area contributed by atoms with Gasteiger partial charge in [0.15, 0.2) is 0 Å². The molecule has 24 heavy (non-hydrogen) atoms. The lowest BCUT2D eigenvalue weighted by molar-refractivity contribution is 0.0810. The fourth-order valence-corrected chi connectivity index (χ4v) is 4.80. The number of piperidine rings is 1. The van der Waals surface area contributed by atoms with Gasteiger partial charge >= 0.3 is 0 Å². The largest absolute Gasteiger partial charge is 0.290 e. The normalized spacial score (nSPS) is 24.0. The van der Waals surface area contributed by atoms with E-state index in [0.29, 0.717) is 0 Å². The molecular formula is C22H28ClN. The van der Waals surface area contributed by atoms with Crippen LogP contribution in [0.25, 0.3) is 0 Å². The number of hydrogen-bond donors (Lipinski definition) is 0. The molecule has 1 fully saturated rings. The van der Waals surface area contributed by atoms with Crippen LogP contribution < -0.4 is 0 Å². The number of fused-ring (bicyclic) bond motifs is 1. The first-order chi connectivity index (χ1) is 11.3. The van der Waals surface area contributed by atoms with Gasteiger partial charge in [-0.25, -0.2) is 0 Å². The Balaban J connectivity index is 0.00000169. The number of benzene rings is 2. The van der Waals surface area contributed by atoms with Crippen LogP contribution in [-0.4, -0.2) is 18.0 Å². The van der Waals surface area contributed by atoms with Crippen molar-refractivity contribution in [2.45, 2.75) is 51.0 Å². The third-order valence-corrected chi connectivity index (χ3v) is 5.84. The number of nitrogens with zero attached hydrogens (tertiary/aromatic N) is 1. The zero-order chi connectivity index (χ0) is 15.7. The summed E-state index contributed by atoms with van der Waals surface area (Å²) >= 11 is 0. The summed E-state index contributed by atoms with van der Waals surface area (Å²) in [6.45, 7) is 4.70. The van der Waals surface area contributed by atoms with E-state index in [4.69, 9.17) is 0 Å². The molecule has 1 aliphatic carbocycles. The predicted octanol–water partition coefficient (Wildman–Crippen LogP) is 5.48. The van der Waals surface area contributed by atoms with Crippen molar-refractivity contribution in [1.29, 1.82) is 0 Å². The van der Waals surface area contributed by atoms with Gasteiger partial charge in [0.2, 0.25) is 0 Å². The Morgan fingerprint density at radius 1 is 0.875 bits per heavy atom. The Labute approximate surface area is 152 Å². The van der Waals surface area contributed by atoms with Gasteiger partial charge in [-0.3, -0.25) is 4.90 Å². The van der Waals surface area contributed by atoms with Crippen LogP contribution in [0.15, 0.2) is 48.5 Å². The zero-order valence-electron chi connectivity index (χ0n) is 14.6. The lowest BCUT2D eigenvalue weighted by atomic mass is 9.70. The molecule has 4 rings (SSSR count). The minimum Gasteiger partial charge on any atom is -0.290 e. The van der Waals surface area contributed by atoms with Gasteiger partial charge in [0.25, 0.3) is 0 Å². The fraction of sp³-hybridized carbons (Fsp3) is 0.455. The third kappa shape index (κ3) is 2.89. The number of rotatable bonds is 2. The standard InChI is InChI=1S/C22H27N.ClH/c1-18-9-7-12-20(17-18)22(23-15-5-2-6-16-23)14-8-11-19-10-3-4-13-21(19)22;/h3-4,7,9-10,12-13,17H,2,5-6,8,11,14-16H2,1H3;1H. The molecule has 1 nitrogen and oxygen atoms in total. The molecule has 128 valence electrons. The topological polar surface area (TPSA) is 3.24 Å². The maximum absolute atomic E-state index is 2.79. The van der Waals surface area contributed by atoms with Crippen LogP contribution in [0, 0.1) is 6.92 Å². The molecule has 1 unspecified atom stereocenters. The second kappa shape index (κ2) is 7.29. The van der Waals surface area contributed by atoms with E-state index in [1.165, 1.54) is 62.7 Å². The fourth-order valence-electron chi connectivity index (χ4n) is 4.80. The molecule has 2 aromatic carbocycles. The summed E-state index contributed by atoms with van der Waals surface area (Å²) in [5, 5.41) is 0. The minimum absolute atomic E-state index is 0. The number of aryl methyl sites for hydroxylation is 2. The minimum atomic E-state index is 0. The molecule has 0 amide bonds. The first kappa shape index (κ1) is 17.5. The average molecular weight is 342 g/mol.